The van der Waals surface area contributed by atoms with Crippen molar-refractivity contribution in [2.45, 2.75) is 25.4 Å². The maximum Gasteiger partial charge on any atom is 0.316 e. The Labute approximate surface area is 132 Å². The number of nitrogens with two attached hydrogens (primary N) is 1. The van der Waals surface area contributed by atoms with Gasteiger partial charge in [-0.25, -0.2) is 4.79 Å². The zero-order chi connectivity index (χ0) is 15.5. The molecule has 0 unspecified atom stereocenters. The number of hydrogen-bond donors (Lipinski definition) is 2. The predicted octanol–water partition coefficient (Wildman–Crippen LogP) is 3.04. The van der Waals surface area contributed by atoms with Gasteiger partial charge in [0.15, 0.2) is 0 Å². The number of urea groups is 1. The molecule has 22 heavy (non-hydrogen) atoms. The molecule has 6 heteroatoms. The van der Waals surface area contributed by atoms with Gasteiger partial charge in [-0.2, -0.15) is 0 Å². The first-order valence-electron chi connectivity index (χ1n) is 7.13. The number of nitrogens with one attached hydrogen (secondary N) is 1. The number of rotatable bonds is 5. The van der Waals surface area contributed by atoms with E-state index in [0.29, 0.717) is 23.8 Å². The maximum absolute atomic E-state index is 12.8. The van der Waals surface area contributed by atoms with Crippen molar-refractivity contribution in [3.63, 3.8) is 0 Å². The molecule has 1 aromatic carbocycles. The van der Waals surface area contributed by atoms with E-state index in [1.807, 2.05) is 22.4 Å². The average Bonchev–Trinajstić information content (AvgIpc) is 3.20. The smallest absolute Gasteiger partial charge is 0.316 e. The summed E-state index contributed by atoms with van der Waals surface area (Å²) in [5.41, 5.74) is 6.21. The van der Waals surface area contributed by atoms with E-state index in [2.05, 4.69) is 5.32 Å². The van der Waals surface area contributed by atoms with E-state index in [4.69, 9.17) is 5.73 Å². The average molecular weight is 315 g/mol. The van der Waals surface area contributed by atoms with Gasteiger partial charge in [-0.1, -0.05) is 12.1 Å². The molecule has 0 saturated heterocycles. The number of carbonyl (C=O) groups excluding carboxylic acids is 2. The SMILES string of the molecule is NC(=O)Nc1cccc(C(=O)N(Cc2cccs2)C2CC2)c1. The minimum absolute atomic E-state index is 0.0102. The Hall–Kier alpha value is -2.34. The second-order valence-corrected chi connectivity index (χ2v) is 6.35. The number of primary amides is 1. The lowest BCUT2D eigenvalue weighted by atomic mass is 10.1. The Morgan fingerprint density at radius 1 is 1.27 bits per heavy atom. The van der Waals surface area contributed by atoms with Gasteiger partial charge in [0.1, 0.15) is 0 Å². The van der Waals surface area contributed by atoms with E-state index < -0.39 is 6.03 Å². The topological polar surface area (TPSA) is 75.4 Å². The molecule has 114 valence electrons. The van der Waals surface area contributed by atoms with Gasteiger partial charge in [-0.15, -0.1) is 11.3 Å². The molecule has 0 aliphatic heterocycles. The van der Waals surface area contributed by atoms with Crippen molar-refractivity contribution in [3.8, 4) is 0 Å². The third-order valence-electron chi connectivity index (χ3n) is 3.53. The van der Waals surface area contributed by atoms with Crippen molar-refractivity contribution < 1.29 is 9.59 Å². The third kappa shape index (κ3) is 3.46. The monoisotopic (exact) mass is 315 g/mol. The van der Waals surface area contributed by atoms with E-state index >= 15 is 0 Å². The number of nitrogens with zero attached hydrogens (tertiary/aromatic N) is 1. The van der Waals surface area contributed by atoms with Crippen molar-refractivity contribution in [1.29, 1.82) is 0 Å². The van der Waals surface area contributed by atoms with Crippen LogP contribution in [0.5, 0.6) is 0 Å². The van der Waals surface area contributed by atoms with E-state index in [9.17, 15) is 9.59 Å². The molecule has 3 rings (SSSR count). The molecule has 3 N–H and O–H groups in total. The molecule has 1 fully saturated rings. The summed E-state index contributed by atoms with van der Waals surface area (Å²) >= 11 is 1.65. The quantitative estimate of drug-likeness (QED) is 0.890. The number of hydrogen-bond acceptors (Lipinski definition) is 3. The molecule has 1 aliphatic rings. The van der Waals surface area contributed by atoms with Crippen molar-refractivity contribution in [2.75, 3.05) is 5.32 Å². The van der Waals surface area contributed by atoms with Crippen LogP contribution < -0.4 is 11.1 Å². The lowest BCUT2D eigenvalue weighted by molar-refractivity contribution is 0.0731. The molecule has 0 bridgehead atoms. The Morgan fingerprint density at radius 2 is 2.09 bits per heavy atom. The van der Waals surface area contributed by atoms with Crippen molar-refractivity contribution in [3.05, 3.63) is 52.2 Å². The molecule has 1 heterocycles. The molecule has 1 saturated carbocycles. The van der Waals surface area contributed by atoms with Gasteiger partial charge < -0.3 is 16.0 Å². The number of anilines is 1. The lowest BCUT2D eigenvalue weighted by Crippen LogP contribution is -2.32. The Bertz CT molecular complexity index is 680. The Balaban J connectivity index is 1.79. The molecule has 1 aromatic heterocycles. The first kappa shape index (κ1) is 14.6. The fourth-order valence-electron chi connectivity index (χ4n) is 2.36. The first-order valence-corrected chi connectivity index (χ1v) is 8.01. The van der Waals surface area contributed by atoms with Gasteiger partial charge in [0.05, 0.1) is 6.54 Å². The molecule has 0 atom stereocenters. The van der Waals surface area contributed by atoms with Gasteiger partial charge in [0.2, 0.25) is 0 Å². The Kier molecular flexibility index (Phi) is 4.11. The van der Waals surface area contributed by atoms with Crippen LogP contribution in [0.25, 0.3) is 0 Å². The van der Waals surface area contributed by atoms with E-state index in [1.165, 1.54) is 4.88 Å². The Morgan fingerprint density at radius 3 is 2.73 bits per heavy atom. The van der Waals surface area contributed by atoms with E-state index in [1.54, 1.807) is 35.6 Å². The summed E-state index contributed by atoms with van der Waals surface area (Å²) in [6.45, 7) is 0.634. The largest absolute Gasteiger partial charge is 0.351 e. The molecule has 0 radical (unpaired) electrons. The van der Waals surface area contributed by atoms with Gasteiger partial charge in [-0.05, 0) is 42.5 Å². The van der Waals surface area contributed by atoms with E-state index in [-0.39, 0.29) is 5.91 Å². The summed E-state index contributed by atoms with van der Waals surface area (Å²) < 4.78 is 0. The summed E-state index contributed by atoms with van der Waals surface area (Å²) in [5.74, 6) is -0.0102. The minimum atomic E-state index is -0.637. The van der Waals surface area contributed by atoms with Gasteiger partial charge in [0.25, 0.3) is 5.91 Å². The summed E-state index contributed by atoms with van der Waals surface area (Å²) in [6.07, 6.45) is 2.10. The van der Waals surface area contributed by atoms with Crippen LogP contribution >= 0.6 is 11.3 Å². The van der Waals surface area contributed by atoms with Crippen LogP contribution in [0.2, 0.25) is 0 Å². The normalized spacial score (nSPS) is 13.6. The van der Waals surface area contributed by atoms with Crippen LogP contribution in [0.3, 0.4) is 0 Å². The van der Waals surface area contributed by atoms with E-state index in [0.717, 1.165) is 12.8 Å². The summed E-state index contributed by atoms with van der Waals surface area (Å²) in [4.78, 5) is 26.8. The first-order chi connectivity index (χ1) is 10.6. The summed E-state index contributed by atoms with van der Waals surface area (Å²) in [6, 6.07) is 10.6. The lowest BCUT2D eigenvalue weighted by Gasteiger charge is -2.22. The summed E-state index contributed by atoms with van der Waals surface area (Å²) in [7, 11) is 0. The highest BCUT2D eigenvalue weighted by molar-refractivity contribution is 7.09. The molecule has 0 spiro atoms. The van der Waals surface area contributed by atoms with Crippen LogP contribution in [-0.4, -0.2) is 22.9 Å². The minimum Gasteiger partial charge on any atom is -0.351 e. The van der Waals surface area contributed by atoms with Crippen molar-refractivity contribution in [1.82, 2.24) is 4.90 Å². The zero-order valence-corrected chi connectivity index (χ0v) is 12.8. The fourth-order valence-corrected chi connectivity index (χ4v) is 3.06. The molecule has 1 aliphatic carbocycles. The van der Waals surface area contributed by atoms with Crippen LogP contribution in [0.15, 0.2) is 41.8 Å². The van der Waals surface area contributed by atoms with Crippen molar-refractivity contribution in [2.24, 2.45) is 5.73 Å². The second-order valence-electron chi connectivity index (χ2n) is 5.31. The van der Waals surface area contributed by atoms with Gasteiger partial charge in [0, 0.05) is 22.2 Å². The van der Waals surface area contributed by atoms with Crippen LogP contribution in [0, 0.1) is 0 Å². The molecular weight excluding hydrogens is 298 g/mol. The molecule has 3 amide bonds. The third-order valence-corrected chi connectivity index (χ3v) is 4.39. The van der Waals surface area contributed by atoms with Crippen molar-refractivity contribution >= 4 is 29.0 Å². The maximum atomic E-state index is 12.8. The second kappa shape index (κ2) is 6.19. The van der Waals surface area contributed by atoms with Gasteiger partial charge >= 0.3 is 6.03 Å². The predicted molar refractivity (Wildman–Crippen MR) is 86.9 cm³/mol. The zero-order valence-electron chi connectivity index (χ0n) is 12.0. The van der Waals surface area contributed by atoms with Gasteiger partial charge in [-0.3, -0.25) is 4.79 Å². The highest BCUT2D eigenvalue weighted by Crippen LogP contribution is 2.31. The fraction of sp³-hybridized carbons (Fsp3) is 0.250. The number of amides is 3. The molecular formula is C16H17N3O2S. The number of carbonyl (C=O) groups is 2. The highest BCUT2D eigenvalue weighted by Gasteiger charge is 2.33. The number of benzene rings is 1. The van der Waals surface area contributed by atoms with Crippen LogP contribution in [-0.2, 0) is 6.54 Å². The molecule has 2 aromatic rings. The molecule has 5 nitrogen and oxygen atoms in total. The van der Waals surface area contributed by atoms with Crippen LogP contribution in [0.1, 0.15) is 28.1 Å². The number of thiophene rings is 1. The van der Waals surface area contributed by atoms with Crippen LogP contribution in [0.4, 0.5) is 10.5 Å². The standard InChI is InChI=1S/C16H17N3O2S/c17-16(21)18-12-4-1-3-11(9-12)15(20)19(13-6-7-13)10-14-5-2-8-22-14/h1-5,8-9,13H,6-7,10H2,(H3,17,18,21). The summed E-state index contributed by atoms with van der Waals surface area (Å²) in [5, 5.41) is 4.52. The highest BCUT2D eigenvalue weighted by atomic mass is 32.1.